The first-order chi connectivity index (χ1) is 11.9. The third kappa shape index (κ3) is 3.55. The zero-order valence-corrected chi connectivity index (χ0v) is 15.6. The van der Waals surface area contributed by atoms with Crippen LogP contribution in [0, 0.1) is 5.41 Å². The third-order valence-electron chi connectivity index (χ3n) is 4.86. The van der Waals surface area contributed by atoms with Gasteiger partial charge in [-0.2, -0.15) is 0 Å². The molecule has 1 fully saturated rings. The summed E-state index contributed by atoms with van der Waals surface area (Å²) in [4.78, 5) is 15.0. The topological polar surface area (TPSA) is 29.5 Å². The number of hydrogen-bond acceptors (Lipinski definition) is 2. The van der Waals surface area contributed by atoms with Crippen LogP contribution in [0.5, 0.6) is 5.75 Å². The van der Waals surface area contributed by atoms with Crippen molar-refractivity contribution in [1.82, 2.24) is 4.90 Å². The molecule has 3 rings (SSSR count). The molecule has 1 heterocycles. The molecule has 1 aliphatic heterocycles. The maximum Gasteiger partial charge on any atom is 0.228 e. The first kappa shape index (κ1) is 17.5. The van der Waals surface area contributed by atoms with E-state index < -0.39 is 0 Å². The van der Waals surface area contributed by atoms with Crippen LogP contribution in [0.25, 0.3) is 11.1 Å². The molecule has 0 aromatic heterocycles. The summed E-state index contributed by atoms with van der Waals surface area (Å²) in [5.41, 5.74) is 3.18. The Labute approximate surface area is 150 Å². The molecule has 0 aliphatic carbocycles. The van der Waals surface area contributed by atoms with E-state index in [1.165, 1.54) is 11.1 Å². The Morgan fingerprint density at radius 1 is 1.12 bits per heavy atom. The predicted octanol–water partition coefficient (Wildman–Crippen LogP) is 5.07. The van der Waals surface area contributed by atoms with E-state index in [2.05, 4.69) is 41.3 Å². The highest BCUT2D eigenvalue weighted by atomic mass is 16.5. The van der Waals surface area contributed by atoms with Gasteiger partial charge in [0.1, 0.15) is 5.75 Å². The number of hydrogen-bond donors (Lipinski definition) is 0. The molecular weight excluding hydrogens is 310 g/mol. The summed E-state index contributed by atoms with van der Waals surface area (Å²) in [7, 11) is 1.69. The van der Waals surface area contributed by atoms with Crippen molar-refractivity contribution in [3.63, 3.8) is 0 Å². The van der Waals surface area contributed by atoms with E-state index in [1.807, 2.05) is 32.9 Å². The minimum absolute atomic E-state index is 0.147. The van der Waals surface area contributed by atoms with Crippen LogP contribution in [0.3, 0.4) is 0 Å². The number of nitrogens with zero attached hydrogens (tertiary/aromatic N) is 1. The average molecular weight is 337 g/mol. The molecule has 0 saturated carbocycles. The van der Waals surface area contributed by atoms with Gasteiger partial charge in [0.05, 0.1) is 13.2 Å². The Morgan fingerprint density at radius 3 is 2.60 bits per heavy atom. The average Bonchev–Trinajstić information content (AvgIpc) is 3.09. The fourth-order valence-corrected chi connectivity index (χ4v) is 3.61. The molecule has 1 unspecified atom stereocenters. The van der Waals surface area contributed by atoms with Crippen molar-refractivity contribution in [2.45, 2.75) is 39.7 Å². The van der Waals surface area contributed by atoms with Gasteiger partial charge in [0.25, 0.3) is 0 Å². The molecule has 0 radical (unpaired) electrons. The largest absolute Gasteiger partial charge is 0.497 e. The number of methoxy groups -OCH3 is 1. The SMILES string of the molecule is COc1cccc(-c2ccccc2C2CCCN2C(=O)C(C)(C)C)c1. The summed E-state index contributed by atoms with van der Waals surface area (Å²) in [5, 5.41) is 0. The molecule has 132 valence electrons. The lowest BCUT2D eigenvalue weighted by molar-refractivity contribution is -0.140. The van der Waals surface area contributed by atoms with E-state index in [0.717, 1.165) is 30.7 Å². The second-order valence-electron chi connectivity index (χ2n) is 7.73. The molecule has 0 spiro atoms. The number of rotatable bonds is 3. The maximum atomic E-state index is 12.9. The van der Waals surface area contributed by atoms with Crippen LogP contribution in [-0.4, -0.2) is 24.5 Å². The lowest BCUT2D eigenvalue weighted by Crippen LogP contribution is -2.39. The first-order valence-electron chi connectivity index (χ1n) is 8.96. The number of benzene rings is 2. The van der Waals surface area contributed by atoms with Crippen LogP contribution in [-0.2, 0) is 4.79 Å². The van der Waals surface area contributed by atoms with Crippen molar-refractivity contribution < 1.29 is 9.53 Å². The lowest BCUT2D eigenvalue weighted by atomic mass is 9.91. The first-order valence-corrected chi connectivity index (χ1v) is 8.96. The van der Waals surface area contributed by atoms with Gasteiger partial charge < -0.3 is 9.64 Å². The molecule has 1 amide bonds. The molecule has 1 saturated heterocycles. The fourth-order valence-electron chi connectivity index (χ4n) is 3.61. The number of carbonyl (C=O) groups excluding carboxylic acids is 1. The highest BCUT2D eigenvalue weighted by Crippen LogP contribution is 2.40. The van der Waals surface area contributed by atoms with Gasteiger partial charge in [-0.3, -0.25) is 4.79 Å². The molecule has 0 N–H and O–H groups in total. The van der Waals surface area contributed by atoms with E-state index >= 15 is 0 Å². The minimum atomic E-state index is -0.354. The van der Waals surface area contributed by atoms with Crippen molar-refractivity contribution in [3.8, 4) is 16.9 Å². The molecule has 2 aromatic rings. The number of amides is 1. The molecule has 1 atom stereocenters. The Kier molecular flexibility index (Phi) is 4.85. The zero-order valence-electron chi connectivity index (χ0n) is 15.6. The summed E-state index contributed by atoms with van der Waals surface area (Å²) in [5.74, 6) is 1.08. The van der Waals surface area contributed by atoms with E-state index in [9.17, 15) is 4.79 Å². The fraction of sp³-hybridized carbons (Fsp3) is 0.409. The molecule has 3 heteroatoms. The van der Waals surface area contributed by atoms with Crippen LogP contribution >= 0.6 is 0 Å². The molecule has 3 nitrogen and oxygen atoms in total. The number of ether oxygens (including phenoxy) is 1. The minimum Gasteiger partial charge on any atom is -0.497 e. The summed E-state index contributed by atoms with van der Waals surface area (Å²) in [6.07, 6.45) is 2.07. The Bertz CT molecular complexity index is 761. The van der Waals surface area contributed by atoms with Crippen LogP contribution in [0.4, 0.5) is 0 Å². The van der Waals surface area contributed by atoms with Gasteiger partial charge in [0.15, 0.2) is 0 Å². The van der Waals surface area contributed by atoms with E-state index in [-0.39, 0.29) is 17.4 Å². The van der Waals surface area contributed by atoms with Gasteiger partial charge in [0.2, 0.25) is 5.91 Å². The normalized spacial score (nSPS) is 17.6. The van der Waals surface area contributed by atoms with Gasteiger partial charge in [-0.1, -0.05) is 57.2 Å². The van der Waals surface area contributed by atoms with Crippen molar-refractivity contribution in [3.05, 3.63) is 54.1 Å². The Hall–Kier alpha value is -2.29. The monoisotopic (exact) mass is 337 g/mol. The Balaban J connectivity index is 2.02. The zero-order chi connectivity index (χ0) is 18.0. The van der Waals surface area contributed by atoms with E-state index in [0.29, 0.717) is 0 Å². The molecule has 0 bridgehead atoms. The van der Waals surface area contributed by atoms with Crippen molar-refractivity contribution in [2.24, 2.45) is 5.41 Å². The second kappa shape index (κ2) is 6.91. The quantitative estimate of drug-likeness (QED) is 0.782. The van der Waals surface area contributed by atoms with Crippen LogP contribution in [0.2, 0.25) is 0 Å². The number of likely N-dealkylation sites (tertiary alicyclic amines) is 1. The Morgan fingerprint density at radius 2 is 1.88 bits per heavy atom. The summed E-state index contributed by atoms with van der Waals surface area (Å²) >= 11 is 0. The van der Waals surface area contributed by atoms with Gasteiger partial charge in [0, 0.05) is 12.0 Å². The van der Waals surface area contributed by atoms with Gasteiger partial charge in [-0.15, -0.1) is 0 Å². The predicted molar refractivity (Wildman–Crippen MR) is 102 cm³/mol. The highest BCUT2D eigenvalue weighted by Gasteiger charge is 2.36. The van der Waals surface area contributed by atoms with E-state index in [1.54, 1.807) is 7.11 Å². The van der Waals surface area contributed by atoms with Crippen molar-refractivity contribution >= 4 is 5.91 Å². The number of carbonyl (C=O) groups is 1. The van der Waals surface area contributed by atoms with Crippen LogP contribution in [0.15, 0.2) is 48.5 Å². The molecular formula is C22H27NO2. The van der Waals surface area contributed by atoms with Crippen LogP contribution < -0.4 is 4.74 Å². The van der Waals surface area contributed by atoms with Crippen LogP contribution in [0.1, 0.15) is 45.2 Å². The smallest absolute Gasteiger partial charge is 0.228 e. The summed E-state index contributed by atoms with van der Waals surface area (Å²) < 4.78 is 5.38. The molecule has 1 aliphatic rings. The standard InChI is InChI=1S/C22H27NO2/c1-22(2,3)21(24)23-14-8-13-20(23)19-12-6-5-11-18(19)16-9-7-10-17(15-16)25-4/h5-7,9-12,15,20H,8,13-14H2,1-4H3. The lowest BCUT2D eigenvalue weighted by Gasteiger charge is -2.32. The van der Waals surface area contributed by atoms with Gasteiger partial charge in [-0.25, -0.2) is 0 Å². The van der Waals surface area contributed by atoms with Crippen molar-refractivity contribution in [2.75, 3.05) is 13.7 Å². The maximum absolute atomic E-state index is 12.9. The molecule has 25 heavy (non-hydrogen) atoms. The van der Waals surface area contributed by atoms with Gasteiger partial charge >= 0.3 is 0 Å². The summed E-state index contributed by atoms with van der Waals surface area (Å²) in [6.45, 7) is 6.84. The van der Waals surface area contributed by atoms with Crippen molar-refractivity contribution in [1.29, 1.82) is 0 Å². The van der Waals surface area contributed by atoms with Gasteiger partial charge in [-0.05, 0) is 41.7 Å². The molecule has 2 aromatic carbocycles. The third-order valence-corrected chi connectivity index (χ3v) is 4.86. The summed E-state index contributed by atoms with van der Waals surface area (Å²) in [6, 6.07) is 16.7. The van der Waals surface area contributed by atoms with E-state index in [4.69, 9.17) is 4.74 Å². The highest BCUT2D eigenvalue weighted by molar-refractivity contribution is 5.83. The second-order valence-corrected chi connectivity index (χ2v) is 7.73.